The number of hydrogen-bond donors (Lipinski definition) is 1. The summed E-state index contributed by atoms with van der Waals surface area (Å²) in [6.45, 7) is 0. The number of halogens is 1. The van der Waals surface area contributed by atoms with Crippen LogP contribution < -0.4 is 4.70 Å². The maximum Gasteiger partial charge on any atom is 1.00 e. The van der Waals surface area contributed by atoms with E-state index in [-0.39, 0.29) is 6.13 Å². The Kier molecular flexibility index (Phi) is 2.04. The lowest BCUT2D eigenvalue weighted by molar-refractivity contribution is -0.00000116. The molecular formula is C3H5FN2. The van der Waals surface area contributed by atoms with E-state index < -0.39 is 0 Å². The van der Waals surface area contributed by atoms with Crippen LogP contribution in [0, 0.1) is 0 Å². The predicted octanol–water partition coefficient (Wildman–Crippen LogP) is -2.47. The second-order valence-corrected chi connectivity index (χ2v) is 0.761. The van der Waals surface area contributed by atoms with E-state index in [1.165, 1.54) is 0 Å². The van der Waals surface area contributed by atoms with E-state index in [9.17, 15) is 0 Å². The molecule has 0 aliphatic heterocycles. The first kappa shape index (κ1) is 5.14. The summed E-state index contributed by atoms with van der Waals surface area (Å²) in [4.78, 5) is 6.42. The molecule has 1 N–H and O–H groups in total. The third kappa shape index (κ3) is 0.839. The molecular weight excluding hydrogens is 83.0 g/mol. The van der Waals surface area contributed by atoms with Crippen molar-refractivity contribution in [3.8, 4) is 0 Å². The van der Waals surface area contributed by atoms with Gasteiger partial charge >= 0.3 is 1.43 Å². The van der Waals surface area contributed by atoms with Gasteiger partial charge in [-0.15, -0.1) is 0 Å². The number of aromatic amines is 1. The van der Waals surface area contributed by atoms with Crippen LogP contribution in [0.5, 0.6) is 0 Å². The van der Waals surface area contributed by atoms with E-state index in [1.54, 1.807) is 18.7 Å². The third-order valence-corrected chi connectivity index (χ3v) is 0.406. The molecule has 0 aromatic carbocycles. The van der Waals surface area contributed by atoms with Crippen molar-refractivity contribution >= 4 is 0 Å². The zero-order valence-corrected chi connectivity index (χ0v) is 3.06. The smallest absolute Gasteiger partial charge is 1.00 e. The average Bonchev–Trinajstić information content (AvgIpc) is 1.76. The summed E-state index contributed by atoms with van der Waals surface area (Å²) in [5.41, 5.74) is 0. The number of hydrogen-bond acceptors (Lipinski definition) is 1. The monoisotopic (exact) mass is 88.0 g/mol. The number of aromatic nitrogens is 2. The van der Waals surface area contributed by atoms with Gasteiger partial charge in [0, 0.05) is 12.4 Å². The Morgan fingerprint density at radius 2 is 2.50 bits per heavy atom. The number of rotatable bonds is 0. The summed E-state index contributed by atoms with van der Waals surface area (Å²) >= 11 is 0. The minimum Gasteiger partial charge on any atom is -1.00 e. The molecule has 1 aromatic rings. The Labute approximate surface area is 36.1 Å². The lowest BCUT2D eigenvalue weighted by Gasteiger charge is -1.46. The molecule has 2 nitrogen and oxygen atoms in total. The van der Waals surface area contributed by atoms with Gasteiger partial charge < -0.3 is 9.69 Å². The lowest BCUT2D eigenvalue weighted by atomic mass is 11.0. The van der Waals surface area contributed by atoms with E-state index >= 15 is 0 Å². The second kappa shape index (κ2) is 2.38. The van der Waals surface area contributed by atoms with E-state index in [0.29, 0.717) is 0 Å². The summed E-state index contributed by atoms with van der Waals surface area (Å²) in [5.74, 6) is 0. The molecule has 6 heavy (non-hydrogen) atoms. The molecule has 0 spiro atoms. The molecule has 0 bridgehead atoms. The maximum absolute atomic E-state index is 3.67. The Morgan fingerprint density at radius 3 is 2.67 bits per heavy atom. The number of nitrogens with zero attached hydrogens (tertiary/aromatic N) is 1. The Morgan fingerprint density at radius 1 is 1.67 bits per heavy atom. The SMILES string of the molecule is [F-].[H+].c1c[nH]cn1. The highest BCUT2D eigenvalue weighted by Gasteiger charge is 1.56. The van der Waals surface area contributed by atoms with Gasteiger partial charge in [0.2, 0.25) is 0 Å². The van der Waals surface area contributed by atoms with Crippen molar-refractivity contribution in [2.45, 2.75) is 0 Å². The fourth-order valence-corrected chi connectivity index (χ4v) is 0.215. The molecule has 1 rings (SSSR count). The molecule has 0 aliphatic rings. The first-order chi connectivity index (χ1) is 2.50. The fraction of sp³-hybridized carbons (Fsp3) is 0. The van der Waals surface area contributed by atoms with Crippen molar-refractivity contribution in [3.05, 3.63) is 18.7 Å². The van der Waals surface area contributed by atoms with Crippen LogP contribution in [0.2, 0.25) is 0 Å². The summed E-state index contributed by atoms with van der Waals surface area (Å²) < 4.78 is 0. The van der Waals surface area contributed by atoms with Gasteiger partial charge in [-0.25, -0.2) is 4.98 Å². The second-order valence-electron chi connectivity index (χ2n) is 0.761. The Hall–Kier alpha value is -0.860. The summed E-state index contributed by atoms with van der Waals surface area (Å²) in [6.07, 6.45) is 5.08. The summed E-state index contributed by atoms with van der Waals surface area (Å²) in [7, 11) is 0. The van der Waals surface area contributed by atoms with E-state index in [1.807, 2.05) is 0 Å². The van der Waals surface area contributed by atoms with Gasteiger partial charge in [0.15, 0.2) is 0 Å². The summed E-state index contributed by atoms with van der Waals surface area (Å²) in [5, 5.41) is 0. The van der Waals surface area contributed by atoms with E-state index in [0.717, 1.165) is 0 Å². The largest absolute Gasteiger partial charge is 1.00 e. The molecule has 0 radical (unpaired) electrons. The van der Waals surface area contributed by atoms with Gasteiger partial charge in [-0.3, -0.25) is 0 Å². The van der Waals surface area contributed by atoms with Crippen molar-refractivity contribution in [3.63, 3.8) is 0 Å². The lowest BCUT2D eigenvalue weighted by Crippen LogP contribution is -3.00. The molecule has 1 aromatic heterocycles. The highest BCUT2D eigenvalue weighted by Crippen LogP contribution is 1.62. The minimum atomic E-state index is 0. The van der Waals surface area contributed by atoms with Gasteiger partial charge in [0.25, 0.3) is 0 Å². The van der Waals surface area contributed by atoms with Crippen LogP contribution >= 0.6 is 0 Å². The van der Waals surface area contributed by atoms with Crippen LogP contribution in [0.1, 0.15) is 1.43 Å². The van der Waals surface area contributed by atoms with Crippen LogP contribution in [0.15, 0.2) is 18.7 Å². The maximum atomic E-state index is 3.67. The van der Waals surface area contributed by atoms with Crippen molar-refractivity contribution in [2.24, 2.45) is 0 Å². The van der Waals surface area contributed by atoms with Gasteiger partial charge in [-0.05, 0) is 0 Å². The van der Waals surface area contributed by atoms with Gasteiger partial charge in [0.1, 0.15) is 0 Å². The topological polar surface area (TPSA) is 28.7 Å². The van der Waals surface area contributed by atoms with E-state index in [2.05, 4.69) is 9.97 Å². The Balaban J connectivity index is 0. The van der Waals surface area contributed by atoms with Crippen molar-refractivity contribution < 1.29 is 6.13 Å². The Bertz CT molecular complexity index is 69.4. The van der Waals surface area contributed by atoms with Crippen LogP contribution in [0.4, 0.5) is 0 Å². The highest BCUT2D eigenvalue weighted by molar-refractivity contribution is 4.64. The summed E-state index contributed by atoms with van der Waals surface area (Å²) in [6, 6.07) is 0. The van der Waals surface area contributed by atoms with Gasteiger partial charge in [-0.1, -0.05) is 0 Å². The normalized spacial score (nSPS) is 6.67. The molecule has 0 atom stereocenters. The molecule has 0 amide bonds. The molecule has 0 aliphatic carbocycles. The average molecular weight is 88.1 g/mol. The molecule has 0 saturated carbocycles. The van der Waals surface area contributed by atoms with Crippen LogP contribution in [0.3, 0.4) is 0 Å². The van der Waals surface area contributed by atoms with Crippen LogP contribution in [-0.4, -0.2) is 9.97 Å². The first-order valence-electron chi connectivity index (χ1n) is 1.43. The third-order valence-electron chi connectivity index (χ3n) is 0.406. The number of imidazole rings is 1. The van der Waals surface area contributed by atoms with Crippen molar-refractivity contribution in [2.75, 3.05) is 0 Å². The minimum absolute atomic E-state index is 0. The quantitative estimate of drug-likeness (QED) is 0.374. The highest BCUT2D eigenvalue weighted by atomic mass is 19.0. The van der Waals surface area contributed by atoms with Crippen LogP contribution in [0.25, 0.3) is 0 Å². The van der Waals surface area contributed by atoms with E-state index in [4.69, 9.17) is 0 Å². The molecule has 0 fully saturated rings. The van der Waals surface area contributed by atoms with Gasteiger partial charge in [-0.2, -0.15) is 0 Å². The van der Waals surface area contributed by atoms with Crippen molar-refractivity contribution in [1.82, 2.24) is 9.97 Å². The van der Waals surface area contributed by atoms with Gasteiger partial charge in [0.05, 0.1) is 6.33 Å². The number of nitrogens with one attached hydrogen (secondary N) is 1. The standard InChI is InChI=1S/C3H4N2.FH/c1-2-5-3-4-1;/h1-3H,(H,4,5);1H. The first-order valence-corrected chi connectivity index (χ1v) is 1.43. The number of H-pyrrole nitrogens is 1. The zero-order chi connectivity index (χ0) is 3.54. The fourth-order valence-electron chi connectivity index (χ4n) is 0.215. The molecule has 1 heterocycles. The molecule has 0 saturated heterocycles. The predicted molar refractivity (Wildman–Crippen MR) is 19.7 cm³/mol. The zero-order valence-electron chi connectivity index (χ0n) is 4.06. The van der Waals surface area contributed by atoms with Crippen molar-refractivity contribution in [1.29, 1.82) is 0 Å². The molecule has 3 heteroatoms. The van der Waals surface area contributed by atoms with Crippen LogP contribution in [-0.2, 0) is 0 Å². The molecule has 34 valence electrons. The molecule has 0 unspecified atom stereocenters.